The first-order valence-electron chi connectivity index (χ1n) is 4.43. The third-order valence-electron chi connectivity index (χ3n) is 4.06. The van der Waals surface area contributed by atoms with E-state index in [1.54, 1.807) is 6.42 Å². The van der Waals surface area contributed by atoms with Gasteiger partial charge in [-0.3, -0.25) is 0 Å². The summed E-state index contributed by atoms with van der Waals surface area (Å²) in [5, 5.41) is 0. The van der Waals surface area contributed by atoms with E-state index in [0.29, 0.717) is 0 Å². The summed E-state index contributed by atoms with van der Waals surface area (Å²) in [6.07, 6.45) is 3.10. The molecular formula is C9H13Br. The second-order valence-corrected chi connectivity index (χ2v) is 5.53. The van der Waals surface area contributed by atoms with Gasteiger partial charge in [0.25, 0.3) is 0 Å². The smallest absolute Gasteiger partial charge is 0.0214 e. The van der Waals surface area contributed by atoms with Gasteiger partial charge in [0.1, 0.15) is 0 Å². The summed E-state index contributed by atoms with van der Waals surface area (Å²) in [6, 6.07) is 0. The zero-order valence-electron chi connectivity index (χ0n) is 6.26. The topological polar surface area (TPSA) is 0 Å². The van der Waals surface area contributed by atoms with E-state index in [-0.39, 0.29) is 0 Å². The monoisotopic (exact) mass is 200 g/mol. The van der Waals surface area contributed by atoms with Crippen LogP contribution in [0.1, 0.15) is 19.8 Å². The van der Waals surface area contributed by atoms with Crippen molar-refractivity contribution < 1.29 is 0 Å². The maximum atomic E-state index is 3.77. The first-order chi connectivity index (χ1) is 4.79. The van der Waals surface area contributed by atoms with Crippen molar-refractivity contribution in [3.05, 3.63) is 0 Å². The molecule has 6 atom stereocenters. The summed E-state index contributed by atoms with van der Waals surface area (Å²) in [5.41, 5.74) is 0. The molecule has 0 aromatic carbocycles. The summed E-state index contributed by atoms with van der Waals surface area (Å²) >= 11 is 3.77. The average Bonchev–Trinajstić information content (AvgIpc) is 2.35. The van der Waals surface area contributed by atoms with E-state index in [2.05, 4.69) is 22.9 Å². The molecule has 3 aliphatic rings. The van der Waals surface area contributed by atoms with Gasteiger partial charge in [0.2, 0.25) is 0 Å². The van der Waals surface area contributed by atoms with Crippen molar-refractivity contribution in [3.8, 4) is 0 Å². The minimum Gasteiger partial charge on any atom is -0.0884 e. The number of alkyl halides is 1. The molecule has 10 heavy (non-hydrogen) atoms. The molecule has 0 aliphatic heterocycles. The summed E-state index contributed by atoms with van der Waals surface area (Å²) in [5.74, 6) is 5.50. The number of hydrogen-bond donors (Lipinski definition) is 0. The summed E-state index contributed by atoms with van der Waals surface area (Å²) in [7, 11) is 0. The molecule has 3 rings (SSSR count). The lowest BCUT2D eigenvalue weighted by atomic mass is 9.90. The van der Waals surface area contributed by atoms with Gasteiger partial charge in [-0.25, -0.2) is 0 Å². The lowest BCUT2D eigenvalue weighted by molar-refractivity contribution is 0.341. The number of fused-ring (bicyclic) bond motifs is 5. The molecule has 0 spiro atoms. The van der Waals surface area contributed by atoms with Gasteiger partial charge >= 0.3 is 0 Å². The largest absolute Gasteiger partial charge is 0.0884 e. The Labute approximate surface area is 70.5 Å². The van der Waals surface area contributed by atoms with Gasteiger partial charge in [0.15, 0.2) is 0 Å². The lowest BCUT2D eigenvalue weighted by Gasteiger charge is -2.14. The highest BCUT2D eigenvalue weighted by molar-refractivity contribution is 9.09. The van der Waals surface area contributed by atoms with Crippen LogP contribution >= 0.6 is 15.9 Å². The van der Waals surface area contributed by atoms with E-state index in [4.69, 9.17) is 0 Å². The summed E-state index contributed by atoms with van der Waals surface area (Å²) < 4.78 is 0. The Balaban J connectivity index is 1.92. The molecule has 2 bridgehead atoms. The average molecular weight is 201 g/mol. The van der Waals surface area contributed by atoms with Gasteiger partial charge in [-0.2, -0.15) is 0 Å². The number of rotatable bonds is 0. The maximum absolute atomic E-state index is 3.77. The van der Waals surface area contributed by atoms with E-state index >= 15 is 0 Å². The Morgan fingerprint density at radius 1 is 1.20 bits per heavy atom. The van der Waals surface area contributed by atoms with E-state index < -0.39 is 0 Å². The molecule has 3 fully saturated rings. The predicted molar refractivity (Wildman–Crippen MR) is 45.1 cm³/mol. The van der Waals surface area contributed by atoms with Gasteiger partial charge in [-0.15, -0.1) is 0 Å². The Bertz CT molecular complexity index is 174. The van der Waals surface area contributed by atoms with E-state index in [9.17, 15) is 0 Å². The van der Waals surface area contributed by atoms with Crippen molar-refractivity contribution in [1.29, 1.82) is 0 Å². The quantitative estimate of drug-likeness (QED) is 0.528. The highest BCUT2D eigenvalue weighted by Crippen LogP contribution is 2.69. The first kappa shape index (κ1) is 6.05. The van der Waals surface area contributed by atoms with Crippen LogP contribution in [0.5, 0.6) is 0 Å². The standard InChI is InChI=1S/C9H13Br/c1-4-2-5-3-6(4)8-7(5)9(8)10/h4-9H,2-3H2,1H3. The molecule has 0 aromatic rings. The van der Waals surface area contributed by atoms with Crippen molar-refractivity contribution in [3.63, 3.8) is 0 Å². The first-order valence-corrected chi connectivity index (χ1v) is 5.34. The summed E-state index contributed by atoms with van der Waals surface area (Å²) in [4.78, 5) is 0.932. The molecule has 0 radical (unpaired) electrons. The zero-order chi connectivity index (χ0) is 6.88. The van der Waals surface area contributed by atoms with E-state index in [0.717, 1.165) is 34.4 Å². The van der Waals surface area contributed by atoms with Crippen molar-refractivity contribution in [1.82, 2.24) is 0 Å². The summed E-state index contributed by atoms with van der Waals surface area (Å²) in [6.45, 7) is 2.44. The fourth-order valence-electron chi connectivity index (χ4n) is 3.60. The molecule has 56 valence electrons. The van der Waals surface area contributed by atoms with E-state index in [1.165, 1.54) is 6.42 Å². The molecule has 0 heterocycles. The molecule has 3 aliphatic carbocycles. The Hall–Kier alpha value is 0.480. The molecule has 0 nitrogen and oxygen atoms in total. The van der Waals surface area contributed by atoms with Crippen LogP contribution in [0.3, 0.4) is 0 Å². The molecule has 6 unspecified atom stereocenters. The zero-order valence-corrected chi connectivity index (χ0v) is 7.84. The van der Waals surface area contributed by atoms with Gasteiger partial charge in [0.05, 0.1) is 0 Å². The lowest BCUT2D eigenvalue weighted by Crippen LogP contribution is -2.08. The SMILES string of the molecule is CC1CC2CC1C1C(Br)C21. The molecule has 0 amide bonds. The minimum atomic E-state index is 0.932. The third kappa shape index (κ3) is 0.511. The van der Waals surface area contributed by atoms with Gasteiger partial charge in [-0.1, -0.05) is 22.9 Å². The second-order valence-electron chi connectivity index (χ2n) is 4.47. The fraction of sp³-hybridized carbons (Fsp3) is 1.00. The van der Waals surface area contributed by atoms with Crippen molar-refractivity contribution in [2.75, 3.05) is 0 Å². The third-order valence-corrected chi connectivity index (χ3v) is 5.28. The van der Waals surface area contributed by atoms with Crippen LogP contribution in [-0.2, 0) is 0 Å². The van der Waals surface area contributed by atoms with Crippen LogP contribution in [0.15, 0.2) is 0 Å². The van der Waals surface area contributed by atoms with Crippen molar-refractivity contribution in [2.45, 2.75) is 24.6 Å². The maximum Gasteiger partial charge on any atom is 0.0214 e. The molecular weight excluding hydrogens is 188 g/mol. The van der Waals surface area contributed by atoms with Crippen LogP contribution < -0.4 is 0 Å². The fourth-order valence-corrected chi connectivity index (χ4v) is 4.95. The van der Waals surface area contributed by atoms with Crippen LogP contribution in [0.25, 0.3) is 0 Å². The van der Waals surface area contributed by atoms with Crippen molar-refractivity contribution in [2.24, 2.45) is 29.6 Å². The predicted octanol–water partition coefficient (Wildman–Crippen LogP) is 2.67. The molecule has 0 saturated heterocycles. The van der Waals surface area contributed by atoms with Crippen LogP contribution in [0.2, 0.25) is 0 Å². The highest BCUT2D eigenvalue weighted by Gasteiger charge is 2.65. The molecule has 3 saturated carbocycles. The molecule has 0 N–H and O–H groups in total. The Morgan fingerprint density at radius 2 is 2.00 bits per heavy atom. The number of halogens is 1. The minimum absolute atomic E-state index is 0.932. The molecule has 1 heteroatoms. The normalized spacial score (nSPS) is 70.2. The number of hydrogen-bond acceptors (Lipinski definition) is 0. The van der Waals surface area contributed by atoms with Crippen LogP contribution in [-0.4, -0.2) is 4.83 Å². The van der Waals surface area contributed by atoms with Crippen LogP contribution in [0.4, 0.5) is 0 Å². The Morgan fingerprint density at radius 3 is 2.60 bits per heavy atom. The van der Waals surface area contributed by atoms with Gasteiger partial charge in [-0.05, 0) is 42.4 Å². The van der Waals surface area contributed by atoms with Gasteiger partial charge in [0, 0.05) is 4.83 Å². The van der Waals surface area contributed by atoms with E-state index in [1.807, 2.05) is 0 Å². The molecule has 0 aromatic heterocycles. The Kier molecular flexibility index (Phi) is 0.983. The highest BCUT2D eigenvalue weighted by atomic mass is 79.9. The second kappa shape index (κ2) is 1.63. The van der Waals surface area contributed by atoms with Crippen LogP contribution in [0, 0.1) is 29.6 Å². The van der Waals surface area contributed by atoms with Gasteiger partial charge < -0.3 is 0 Å². The van der Waals surface area contributed by atoms with Crippen molar-refractivity contribution >= 4 is 15.9 Å².